The second-order valence-corrected chi connectivity index (χ2v) is 6.91. The maximum absolute atomic E-state index is 12.7. The molecule has 0 unspecified atom stereocenters. The van der Waals surface area contributed by atoms with Crippen molar-refractivity contribution in [2.75, 3.05) is 7.11 Å². The Morgan fingerprint density at radius 2 is 2.09 bits per heavy atom. The van der Waals surface area contributed by atoms with Gasteiger partial charge in [0.15, 0.2) is 0 Å². The van der Waals surface area contributed by atoms with Gasteiger partial charge in [0.2, 0.25) is 10.0 Å². The first-order valence-electron chi connectivity index (χ1n) is 6.95. The summed E-state index contributed by atoms with van der Waals surface area (Å²) in [4.78, 5) is 11.8. The average Bonchev–Trinajstić information content (AvgIpc) is 2.92. The Hall–Kier alpha value is -2.19. The molecule has 7 nitrogen and oxygen atoms in total. The lowest BCUT2D eigenvalue weighted by Crippen LogP contribution is -2.28. The van der Waals surface area contributed by atoms with Crippen LogP contribution in [0.4, 0.5) is 0 Å². The number of carbonyl (C=O) groups is 1. The zero-order valence-electron chi connectivity index (χ0n) is 13.4. The molecule has 23 heavy (non-hydrogen) atoms. The second-order valence-electron chi connectivity index (χ2n) is 5.23. The number of sulfonamides is 1. The largest absolute Gasteiger partial charge is 0.465 e. The highest BCUT2D eigenvalue weighted by Crippen LogP contribution is 2.22. The van der Waals surface area contributed by atoms with Crippen LogP contribution < -0.4 is 4.72 Å². The van der Waals surface area contributed by atoms with Crippen molar-refractivity contribution in [3.63, 3.8) is 0 Å². The molecule has 1 aromatic carbocycles. The summed E-state index contributed by atoms with van der Waals surface area (Å²) in [7, 11) is -0.925. The number of nitrogens with one attached hydrogen (secondary N) is 1. The maximum Gasteiger partial charge on any atom is 0.339 e. The Morgan fingerprint density at radius 3 is 2.65 bits per heavy atom. The van der Waals surface area contributed by atoms with Gasteiger partial charge in [-0.25, -0.2) is 17.9 Å². The number of aryl methyl sites for hydroxylation is 2. The van der Waals surface area contributed by atoms with E-state index in [4.69, 9.17) is 4.74 Å². The molecular weight excluding hydrogens is 318 g/mol. The van der Waals surface area contributed by atoms with Crippen molar-refractivity contribution < 1.29 is 17.9 Å². The molecule has 0 saturated carbocycles. The second kappa shape index (κ2) is 6.51. The van der Waals surface area contributed by atoms with Crippen LogP contribution in [0.15, 0.2) is 35.5 Å². The zero-order chi connectivity index (χ0) is 17.2. The van der Waals surface area contributed by atoms with Gasteiger partial charge in [0.25, 0.3) is 0 Å². The number of hydrogen-bond donors (Lipinski definition) is 1. The third kappa shape index (κ3) is 3.59. The molecule has 0 amide bonds. The monoisotopic (exact) mass is 337 g/mol. The average molecular weight is 337 g/mol. The number of nitrogens with zero attached hydrogens (tertiary/aromatic N) is 2. The van der Waals surface area contributed by atoms with Gasteiger partial charge in [0.05, 0.1) is 23.8 Å². The van der Waals surface area contributed by atoms with E-state index in [0.29, 0.717) is 5.56 Å². The molecule has 1 aromatic heterocycles. The van der Waals surface area contributed by atoms with E-state index in [1.807, 2.05) is 0 Å². The summed E-state index contributed by atoms with van der Waals surface area (Å²) >= 11 is 0. The van der Waals surface area contributed by atoms with Crippen molar-refractivity contribution in [3.8, 4) is 0 Å². The van der Waals surface area contributed by atoms with E-state index >= 15 is 0 Å². The van der Waals surface area contributed by atoms with Crippen LogP contribution in [0.1, 0.15) is 34.5 Å². The van der Waals surface area contributed by atoms with Crippen LogP contribution in [0.3, 0.4) is 0 Å². The van der Waals surface area contributed by atoms with Crippen LogP contribution in [0.25, 0.3) is 0 Å². The number of methoxy groups -OCH3 is 1. The number of hydrogen-bond acceptors (Lipinski definition) is 5. The molecule has 1 N–H and O–H groups in total. The molecule has 0 bridgehead atoms. The lowest BCUT2D eigenvalue weighted by molar-refractivity contribution is 0.0595. The molecule has 0 fully saturated rings. The van der Waals surface area contributed by atoms with Gasteiger partial charge in [-0.2, -0.15) is 5.10 Å². The lowest BCUT2D eigenvalue weighted by Gasteiger charge is -2.15. The standard InChI is InChI=1S/C15H19N3O4S/c1-10-6-5-7-13(14(10)15(19)22-4)23(20,21)17-11(2)12-8-16-18(3)9-12/h5-9,11,17H,1-4H3/t11-/m0/s1. The number of ether oxygens (including phenoxy) is 1. The number of carbonyl (C=O) groups excluding carboxylic acids is 1. The van der Waals surface area contributed by atoms with E-state index in [2.05, 4.69) is 9.82 Å². The summed E-state index contributed by atoms with van der Waals surface area (Å²) in [6.07, 6.45) is 3.31. The number of esters is 1. The Balaban J connectivity index is 2.40. The van der Waals surface area contributed by atoms with Crippen LogP contribution in [0, 0.1) is 6.92 Å². The van der Waals surface area contributed by atoms with Gasteiger partial charge in [-0.05, 0) is 25.5 Å². The minimum atomic E-state index is -3.89. The molecule has 1 atom stereocenters. The molecule has 0 spiro atoms. The Morgan fingerprint density at radius 1 is 1.39 bits per heavy atom. The Kier molecular flexibility index (Phi) is 4.86. The molecule has 0 aliphatic carbocycles. The third-order valence-electron chi connectivity index (χ3n) is 3.47. The van der Waals surface area contributed by atoms with Crippen molar-refractivity contribution in [3.05, 3.63) is 47.3 Å². The first kappa shape index (κ1) is 17.2. The first-order chi connectivity index (χ1) is 10.8. The molecule has 2 aromatic rings. The molecule has 8 heteroatoms. The van der Waals surface area contributed by atoms with Gasteiger partial charge in [-0.15, -0.1) is 0 Å². The summed E-state index contributed by atoms with van der Waals surface area (Å²) in [5.74, 6) is -0.683. The molecular formula is C15H19N3O4S. The van der Waals surface area contributed by atoms with Gasteiger partial charge in [-0.3, -0.25) is 4.68 Å². The Bertz CT molecular complexity index is 827. The Labute approximate surface area is 135 Å². The highest BCUT2D eigenvalue weighted by molar-refractivity contribution is 7.89. The third-order valence-corrected chi connectivity index (χ3v) is 5.05. The van der Waals surface area contributed by atoms with Gasteiger partial charge >= 0.3 is 5.97 Å². The SMILES string of the molecule is COC(=O)c1c(C)cccc1S(=O)(=O)N[C@@H](C)c1cnn(C)c1. The predicted octanol–water partition coefficient (Wildman–Crippen LogP) is 1.55. The number of aromatic nitrogens is 2. The van der Waals surface area contributed by atoms with Crippen molar-refractivity contribution in [2.24, 2.45) is 7.05 Å². The van der Waals surface area contributed by atoms with Crippen molar-refractivity contribution in [1.82, 2.24) is 14.5 Å². The van der Waals surface area contributed by atoms with Gasteiger partial charge in [0.1, 0.15) is 0 Å². The van der Waals surface area contributed by atoms with E-state index in [1.165, 1.54) is 13.2 Å². The van der Waals surface area contributed by atoms with Crippen LogP contribution >= 0.6 is 0 Å². The van der Waals surface area contributed by atoms with Crippen molar-refractivity contribution in [2.45, 2.75) is 24.8 Å². The van der Waals surface area contributed by atoms with Gasteiger partial charge < -0.3 is 4.74 Å². The minimum Gasteiger partial charge on any atom is -0.465 e. The van der Waals surface area contributed by atoms with Crippen molar-refractivity contribution >= 4 is 16.0 Å². The first-order valence-corrected chi connectivity index (χ1v) is 8.43. The molecule has 2 rings (SSSR count). The predicted molar refractivity (Wildman–Crippen MR) is 84.5 cm³/mol. The molecule has 0 aliphatic heterocycles. The maximum atomic E-state index is 12.7. The zero-order valence-corrected chi connectivity index (χ0v) is 14.2. The molecule has 1 heterocycles. The summed E-state index contributed by atoms with van der Waals surface area (Å²) < 4.78 is 34.2. The van der Waals surface area contributed by atoms with Crippen LogP contribution in [-0.2, 0) is 21.8 Å². The van der Waals surface area contributed by atoms with E-state index in [-0.39, 0.29) is 10.5 Å². The van der Waals surface area contributed by atoms with E-state index < -0.39 is 22.0 Å². The summed E-state index contributed by atoms with van der Waals surface area (Å²) in [6, 6.07) is 4.15. The minimum absolute atomic E-state index is 0.0425. The van der Waals surface area contributed by atoms with Crippen LogP contribution in [-0.4, -0.2) is 31.3 Å². The summed E-state index contributed by atoms with van der Waals surface area (Å²) in [5, 5.41) is 4.02. The van der Waals surface area contributed by atoms with E-state index in [0.717, 1.165) is 5.56 Å². The lowest BCUT2D eigenvalue weighted by atomic mass is 10.1. The topological polar surface area (TPSA) is 90.3 Å². The molecule has 0 aliphatic rings. The number of benzene rings is 1. The summed E-state index contributed by atoms with van der Waals surface area (Å²) in [5.41, 5.74) is 1.30. The smallest absolute Gasteiger partial charge is 0.339 e. The quantitative estimate of drug-likeness (QED) is 0.836. The normalized spacial score (nSPS) is 12.9. The molecule has 124 valence electrons. The number of rotatable bonds is 5. The van der Waals surface area contributed by atoms with E-state index in [1.54, 1.807) is 50.1 Å². The highest BCUT2D eigenvalue weighted by atomic mass is 32.2. The summed E-state index contributed by atoms with van der Waals surface area (Å²) in [6.45, 7) is 3.37. The van der Waals surface area contributed by atoms with Crippen LogP contribution in [0.2, 0.25) is 0 Å². The fourth-order valence-electron chi connectivity index (χ4n) is 2.26. The fourth-order valence-corrected chi connectivity index (χ4v) is 3.76. The van der Waals surface area contributed by atoms with Crippen LogP contribution in [0.5, 0.6) is 0 Å². The highest BCUT2D eigenvalue weighted by Gasteiger charge is 2.26. The fraction of sp³-hybridized carbons (Fsp3) is 0.333. The van der Waals surface area contributed by atoms with Gasteiger partial charge in [0, 0.05) is 24.8 Å². The van der Waals surface area contributed by atoms with Gasteiger partial charge in [-0.1, -0.05) is 12.1 Å². The van der Waals surface area contributed by atoms with E-state index in [9.17, 15) is 13.2 Å². The molecule has 0 saturated heterocycles. The molecule has 0 radical (unpaired) electrons. The van der Waals surface area contributed by atoms with Crippen molar-refractivity contribution in [1.29, 1.82) is 0 Å².